The van der Waals surface area contributed by atoms with Crippen LogP contribution in [0, 0.1) is 13.8 Å². The van der Waals surface area contributed by atoms with Gasteiger partial charge < -0.3 is 10.1 Å². The molecule has 0 atom stereocenters. The van der Waals surface area contributed by atoms with E-state index in [1.54, 1.807) is 12.1 Å². The van der Waals surface area contributed by atoms with Crippen LogP contribution in [0.4, 0.5) is 5.69 Å². The first kappa shape index (κ1) is 18.3. The fourth-order valence-electron chi connectivity index (χ4n) is 2.36. The lowest BCUT2D eigenvalue weighted by Gasteiger charge is -2.18. The number of aryl methyl sites for hydroxylation is 2. The third-order valence-corrected chi connectivity index (χ3v) is 3.97. The van der Waals surface area contributed by atoms with Crippen molar-refractivity contribution in [1.29, 1.82) is 0 Å². The van der Waals surface area contributed by atoms with Crippen LogP contribution in [0.2, 0.25) is 5.02 Å². The number of ether oxygens (including phenoxy) is 1. The molecule has 0 aliphatic heterocycles. The van der Waals surface area contributed by atoms with Gasteiger partial charge in [0, 0.05) is 17.3 Å². The highest BCUT2D eigenvalue weighted by Gasteiger charge is 2.10. The molecular formula is C19H23ClN2O2. The lowest BCUT2D eigenvalue weighted by molar-refractivity contribution is -0.117. The van der Waals surface area contributed by atoms with Gasteiger partial charge in [-0.15, -0.1) is 0 Å². The maximum absolute atomic E-state index is 12.2. The Labute approximate surface area is 148 Å². The molecule has 0 saturated heterocycles. The fourth-order valence-corrected chi connectivity index (χ4v) is 2.49. The highest BCUT2D eigenvalue weighted by molar-refractivity contribution is 6.30. The van der Waals surface area contributed by atoms with Crippen LogP contribution in [0.1, 0.15) is 11.1 Å². The summed E-state index contributed by atoms with van der Waals surface area (Å²) in [4.78, 5) is 14.1. The summed E-state index contributed by atoms with van der Waals surface area (Å²) in [5.41, 5.74) is 3.03. The van der Waals surface area contributed by atoms with Gasteiger partial charge in [0.15, 0.2) is 0 Å². The van der Waals surface area contributed by atoms with Gasteiger partial charge in [0.1, 0.15) is 12.4 Å². The molecule has 0 heterocycles. The van der Waals surface area contributed by atoms with E-state index in [-0.39, 0.29) is 5.91 Å². The van der Waals surface area contributed by atoms with Crippen LogP contribution >= 0.6 is 11.6 Å². The number of rotatable bonds is 7. The monoisotopic (exact) mass is 346 g/mol. The quantitative estimate of drug-likeness (QED) is 0.826. The molecule has 24 heavy (non-hydrogen) atoms. The van der Waals surface area contributed by atoms with Crippen LogP contribution in [0.15, 0.2) is 42.5 Å². The second-order valence-corrected chi connectivity index (χ2v) is 6.29. The Morgan fingerprint density at radius 1 is 1.12 bits per heavy atom. The number of likely N-dealkylation sites (N-methyl/N-ethyl adjacent to an activating group) is 1. The summed E-state index contributed by atoms with van der Waals surface area (Å²) in [6.07, 6.45) is 0. The summed E-state index contributed by atoms with van der Waals surface area (Å²) in [5, 5.41) is 3.67. The molecule has 2 aromatic rings. The van der Waals surface area contributed by atoms with E-state index < -0.39 is 0 Å². The van der Waals surface area contributed by atoms with Crippen molar-refractivity contribution in [2.75, 3.05) is 32.1 Å². The number of carbonyl (C=O) groups is 1. The van der Waals surface area contributed by atoms with E-state index >= 15 is 0 Å². The first-order valence-corrected chi connectivity index (χ1v) is 8.26. The van der Waals surface area contributed by atoms with Gasteiger partial charge in [-0.05, 0) is 56.3 Å². The average Bonchev–Trinajstić information content (AvgIpc) is 2.53. The minimum atomic E-state index is -0.0265. The highest BCUT2D eigenvalue weighted by Crippen LogP contribution is 2.19. The molecule has 0 bridgehead atoms. The van der Waals surface area contributed by atoms with Gasteiger partial charge >= 0.3 is 0 Å². The molecule has 0 aliphatic rings. The van der Waals surface area contributed by atoms with Crippen molar-refractivity contribution in [2.45, 2.75) is 13.8 Å². The van der Waals surface area contributed by atoms with Crippen molar-refractivity contribution in [3.63, 3.8) is 0 Å². The summed E-state index contributed by atoms with van der Waals surface area (Å²) in [6, 6.07) is 13.2. The van der Waals surface area contributed by atoms with Gasteiger partial charge in [-0.2, -0.15) is 0 Å². The Bertz CT molecular complexity index is 666. The Morgan fingerprint density at radius 3 is 2.38 bits per heavy atom. The Kier molecular flexibility index (Phi) is 6.64. The molecule has 0 saturated carbocycles. The number of hydrogen-bond donors (Lipinski definition) is 1. The number of halogens is 1. The molecule has 0 spiro atoms. The first-order valence-electron chi connectivity index (χ1n) is 7.88. The van der Waals surface area contributed by atoms with Crippen molar-refractivity contribution in [1.82, 2.24) is 4.90 Å². The number of amides is 1. The molecule has 0 aromatic heterocycles. The number of para-hydroxylation sites is 1. The minimum absolute atomic E-state index is 0.0265. The molecule has 0 unspecified atom stereocenters. The average molecular weight is 347 g/mol. The molecule has 0 aliphatic carbocycles. The number of carbonyl (C=O) groups excluding carboxylic acids is 1. The normalized spacial score (nSPS) is 10.7. The van der Waals surface area contributed by atoms with Crippen LogP contribution < -0.4 is 10.1 Å². The van der Waals surface area contributed by atoms with Crippen molar-refractivity contribution < 1.29 is 9.53 Å². The van der Waals surface area contributed by atoms with E-state index in [1.807, 2.05) is 56.1 Å². The topological polar surface area (TPSA) is 41.6 Å². The van der Waals surface area contributed by atoms with Crippen LogP contribution in [-0.2, 0) is 4.79 Å². The standard InChI is InChI=1S/C19H23ClN2O2/c1-14-5-4-6-15(2)19(14)21-18(23)13-22(3)11-12-24-17-9-7-16(20)8-10-17/h4-10H,11-13H2,1-3H3,(H,21,23). The summed E-state index contributed by atoms with van der Waals surface area (Å²) < 4.78 is 5.64. The predicted octanol–water partition coefficient (Wildman–Crippen LogP) is 3.91. The van der Waals surface area contributed by atoms with Gasteiger partial charge in [0.05, 0.1) is 6.54 Å². The number of nitrogens with zero attached hydrogens (tertiary/aromatic N) is 1. The van der Waals surface area contributed by atoms with Gasteiger partial charge in [-0.3, -0.25) is 9.69 Å². The zero-order chi connectivity index (χ0) is 17.5. The first-order chi connectivity index (χ1) is 11.5. The van der Waals surface area contributed by atoms with E-state index in [0.717, 1.165) is 22.6 Å². The van der Waals surface area contributed by atoms with E-state index in [4.69, 9.17) is 16.3 Å². The largest absolute Gasteiger partial charge is 0.492 e. The predicted molar refractivity (Wildman–Crippen MR) is 99.0 cm³/mol. The van der Waals surface area contributed by atoms with Crippen molar-refractivity contribution in [2.24, 2.45) is 0 Å². The summed E-state index contributed by atoms with van der Waals surface area (Å²) >= 11 is 5.83. The second kappa shape index (κ2) is 8.71. The fraction of sp³-hybridized carbons (Fsp3) is 0.316. The molecule has 2 aromatic carbocycles. The third kappa shape index (κ3) is 5.55. The van der Waals surface area contributed by atoms with Crippen molar-refractivity contribution in [3.8, 4) is 5.75 Å². The number of benzene rings is 2. The number of anilines is 1. The smallest absolute Gasteiger partial charge is 0.238 e. The highest BCUT2D eigenvalue weighted by atomic mass is 35.5. The summed E-state index contributed by atoms with van der Waals surface area (Å²) in [5.74, 6) is 0.745. The molecule has 128 valence electrons. The van der Waals surface area contributed by atoms with E-state index in [0.29, 0.717) is 24.7 Å². The minimum Gasteiger partial charge on any atom is -0.492 e. The second-order valence-electron chi connectivity index (χ2n) is 5.86. The molecule has 0 fully saturated rings. The Morgan fingerprint density at radius 2 is 1.75 bits per heavy atom. The SMILES string of the molecule is Cc1cccc(C)c1NC(=O)CN(C)CCOc1ccc(Cl)cc1. The number of hydrogen-bond acceptors (Lipinski definition) is 3. The Hall–Kier alpha value is -2.04. The zero-order valence-electron chi connectivity index (χ0n) is 14.3. The lowest BCUT2D eigenvalue weighted by atomic mass is 10.1. The van der Waals surface area contributed by atoms with E-state index in [2.05, 4.69) is 5.32 Å². The van der Waals surface area contributed by atoms with Crippen LogP contribution in [0.3, 0.4) is 0 Å². The van der Waals surface area contributed by atoms with Gasteiger partial charge in [-0.25, -0.2) is 0 Å². The van der Waals surface area contributed by atoms with Gasteiger partial charge in [0.2, 0.25) is 5.91 Å². The summed E-state index contributed by atoms with van der Waals surface area (Å²) in [6.45, 7) is 5.47. The zero-order valence-corrected chi connectivity index (χ0v) is 15.1. The lowest BCUT2D eigenvalue weighted by Crippen LogP contribution is -2.33. The van der Waals surface area contributed by atoms with E-state index in [9.17, 15) is 4.79 Å². The Balaban J connectivity index is 1.76. The van der Waals surface area contributed by atoms with Crippen molar-refractivity contribution >= 4 is 23.2 Å². The molecular weight excluding hydrogens is 324 g/mol. The number of nitrogens with one attached hydrogen (secondary N) is 1. The van der Waals surface area contributed by atoms with Gasteiger partial charge in [0.25, 0.3) is 0 Å². The maximum atomic E-state index is 12.2. The molecule has 2 rings (SSSR count). The van der Waals surface area contributed by atoms with Crippen LogP contribution in [0.5, 0.6) is 5.75 Å². The van der Waals surface area contributed by atoms with E-state index in [1.165, 1.54) is 0 Å². The molecule has 0 radical (unpaired) electrons. The molecule has 1 amide bonds. The van der Waals surface area contributed by atoms with Crippen LogP contribution in [0.25, 0.3) is 0 Å². The van der Waals surface area contributed by atoms with Gasteiger partial charge in [-0.1, -0.05) is 29.8 Å². The molecule has 4 nitrogen and oxygen atoms in total. The molecule has 5 heteroatoms. The third-order valence-electron chi connectivity index (χ3n) is 3.71. The maximum Gasteiger partial charge on any atom is 0.238 e. The summed E-state index contributed by atoms with van der Waals surface area (Å²) in [7, 11) is 1.90. The molecule has 1 N–H and O–H groups in total. The van der Waals surface area contributed by atoms with Crippen molar-refractivity contribution in [3.05, 3.63) is 58.6 Å². The van der Waals surface area contributed by atoms with Crippen LogP contribution in [-0.4, -0.2) is 37.6 Å².